The van der Waals surface area contributed by atoms with Crippen molar-refractivity contribution >= 4 is 0 Å². The summed E-state index contributed by atoms with van der Waals surface area (Å²) in [6.07, 6.45) is 2.14. The van der Waals surface area contributed by atoms with Crippen molar-refractivity contribution in [2.75, 3.05) is 13.1 Å². The Morgan fingerprint density at radius 3 is 2.96 bits per heavy atom. The van der Waals surface area contributed by atoms with Gasteiger partial charge in [-0.2, -0.15) is 5.10 Å². The molecular weight excluding hydrogens is 295 g/mol. The monoisotopic (exact) mass is 318 g/mol. The third-order valence-corrected chi connectivity index (χ3v) is 4.56. The van der Waals surface area contributed by atoms with Crippen LogP contribution in [-0.2, 0) is 13.1 Å². The van der Waals surface area contributed by atoms with Crippen LogP contribution in [0.3, 0.4) is 0 Å². The van der Waals surface area contributed by atoms with Gasteiger partial charge in [-0.05, 0) is 56.5 Å². The molecule has 0 radical (unpaired) electrons. The van der Waals surface area contributed by atoms with E-state index in [0.29, 0.717) is 13.1 Å². The highest BCUT2D eigenvalue weighted by Crippen LogP contribution is 2.21. The van der Waals surface area contributed by atoms with Crippen molar-refractivity contribution in [2.24, 2.45) is 0 Å². The van der Waals surface area contributed by atoms with E-state index in [0.717, 1.165) is 42.9 Å². The molecule has 0 unspecified atom stereocenters. The van der Waals surface area contributed by atoms with Crippen LogP contribution < -0.4 is 11.0 Å². The van der Waals surface area contributed by atoms with E-state index < -0.39 is 0 Å². The minimum Gasteiger partial charge on any atom is -0.316 e. The summed E-state index contributed by atoms with van der Waals surface area (Å²) in [5, 5.41) is 7.94. The number of benzene rings is 1. The Balaban J connectivity index is 1.95. The summed E-state index contributed by atoms with van der Waals surface area (Å²) in [5.74, 6) is 0.829. The number of hydrogen-bond donors (Lipinski definition) is 1. The number of piperidine rings is 1. The van der Waals surface area contributed by atoms with Gasteiger partial charge in [0.15, 0.2) is 0 Å². The number of aryl methyl sites for hydroxylation is 1. The molecule has 2 aromatic rings. The molecular formula is C17H23FN4O. The summed E-state index contributed by atoms with van der Waals surface area (Å²) < 4.78 is 16.7. The van der Waals surface area contributed by atoms with Crippen molar-refractivity contribution in [3.05, 3.63) is 51.5 Å². The Labute approximate surface area is 135 Å². The van der Waals surface area contributed by atoms with Gasteiger partial charge in [-0.15, -0.1) is 0 Å². The predicted molar refractivity (Wildman–Crippen MR) is 87.2 cm³/mol. The zero-order valence-corrected chi connectivity index (χ0v) is 13.7. The molecule has 3 rings (SSSR count). The smallest absolute Gasteiger partial charge is 0.316 e. The third-order valence-electron chi connectivity index (χ3n) is 4.56. The van der Waals surface area contributed by atoms with E-state index in [-0.39, 0.29) is 17.4 Å². The maximum Gasteiger partial charge on any atom is 0.346 e. The number of rotatable bonds is 4. The molecule has 0 aliphatic carbocycles. The number of aromatic nitrogens is 3. The molecule has 0 amide bonds. The molecule has 0 spiro atoms. The van der Waals surface area contributed by atoms with Crippen LogP contribution in [0, 0.1) is 12.7 Å². The quantitative estimate of drug-likeness (QED) is 0.938. The number of nitrogens with one attached hydrogen (secondary N) is 1. The van der Waals surface area contributed by atoms with Crippen molar-refractivity contribution in [3.63, 3.8) is 0 Å². The van der Waals surface area contributed by atoms with Crippen LogP contribution in [0.4, 0.5) is 4.39 Å². The molecule has 1 saturated heterocycles. The third kappa shape index (κ3) is 3.22. The van der Waals surface area contributed by atoms with Gasteiger partial charge in [-0.1, -0.05) is 6.07 Å². The lowest BCUT2D eigenvalue weighted by Gasteiger charge is -2.21. The first-order valence-electron chi connectivity index (χ1n) is 8.23. The highest BCUT2D eigenvalue weighted by atomic mass is 19.1. The molecule has 1 aromatic carbocycles. The average Bonchev–Trinajstić information content (AvgIpc) is 2.88. The molecule has 1 aliphatic rings. The van der Waals surface area contributed by atoms with E-state index in [4.69, 9.17) is 0 Å². The van der Waals surface area contributed by atoms with Crippen LogP contribution in [-0.4, -0.2) is 27.4 Å². The Bertz CT molecular complexity index is 744. The zero-order chi connectivity index (χ0) is 16.4. The van der Waals surface area contributed by atoms with Crippen LogP contribution in [0.1, 0.15) is 42.6 Å². The first-order valence-corrected chi connectivity index (χ1v) is 8.23. The topological polar surface area (TPSA) is 51.9 Å². The number of hydrogen-bond acceptors (Lipinski definition) is 3. The lowest BCUT2D eigenvalue weighted by Crippen LogP contribution is -2.31. The molecule has 23 heavy (non-hydrogen) atoms. The summed E-state index contributed by atoms with van der Waals surface area (Å²) in [6, 6.07) is 4.65. The molecule has 124 valence electrons. The van der Waals surface area contributed by atoms with Gasteiger partial charge in [0.1, 0.15) is 11.6 Å². The number of halogens is 1. The van der Waals surface area contributed by atoms with Gasteiger partial charge in [0.25, 0.3) is 0 Å². The first-order chi connectivity index (χ1) is 11.1. The SMILES string of the molecule is CCn1c([C@@H]2CCCNC2)nn(Cc2cc(F)ccc2C)c1=O. The molecule has 1 fully saturated rings. The van der Waals surface area contributed by atoms with Gasteiger partial charge in [-0.3, -0.25) is 4.57 Å². The fourth-order valence-corrected chi connectivity index (χ4v) is 3.20. The predicted octanol–water partition coefficient (Wildman–Crippen LogP) is 2.03. The second-order valence-corrected chi connectivity index (χ2v) is 6.16. The van der Waals surface area contributed by atoms with Crippen LogP contribution in [0.15, 0.2) is 23.0 Å². The van der Waals surface area contributed by atoms with E-state index in [1.807, 2.05) is 13.8 Å². The molecule has 1 atom stereocenters. The van der Waals surface area contributed by atoms with Gasteiger partial charge in [-0.25, -0.2) is 13.9 Å². The standard InChI is InChI=1S/C17H23FN4O/c1-3-21-16(13-5-4-8-19-10-13)20-22(17(21)23)11-14-9-15(18)7-6-12(14)2/h6-7,9,13,19H,3-5,8,10-11H2,1-2H3/t13-/m1/s1. The summed E-state index contributed by atoms with van der Waals surface area (Å²) >= 11 is 0. The van der Waals surface area contributed by atoms with Gasteiger partial charge >= 0.3 is 5.69 Å². The first kappa shape index (κ1) is 15.9. The Morgan fingerprint density at radius 2 is 2.26 bits per heavy atom. The largest absolute Gasteiger partial charge is 0.346 e. The van der Waals surface area contributed by atoms with Gasteiger partial charge in [0.2, 0.25) is 0 Å². The minimum absolute atomic E-state index is 0.114. The maximum absolute atomic E-state index is 13.5. The summed E-state index contributed by atoms with van der Waals surface area (Å²) in [5.41, 5.74) is 1.64. The number of nitrogens with zero attached hydrogens (tertiary/aromatic N) is 3. The highest BCUT2D eigenvalue weighted by molar-refractivity contribution is 5.26. The molecule has 1 aromatic heterocycles. The highest BCUT2D eigenvalue weighted by Gasteiger charge is 2.23. The van der Waals surface area contributed by atoms with E-state index >= 15 is 0 Å². The fraction of sp³-hybridized carbons (Fsp3) is 0.529. The zero-order valence-electron chi connectivity index (χ0n) is 13.7. The average molecular weight is 318 g/mol. The Hall–Kier alpha value is -1.95. The van der Waals surface area contributed by atoms with Gasteiger partial charge in [0, 0.05) is 19.0 Å². The van der Waals surface area contributed by atoms with Crippen LogP contribution in [0.2, 0.25) is 0 Å². The summed E-state index contributed by atoms with van der Waals surface area (Å²) in [4.78, 5) is 12.6. The van der Waals surface area contributed by atoms with Crippen LogP contribution in [0.25, 0.3) is 0 Å². The molecule has 1 N–H and O–H groups in total. The fourth-order valence-electron chi connectivity index (χ4n) is 3.20. The van der Waals surface area contributed by atoms with Crippen LogP contribution >= 0.6 is 0 Å². The van der Waals surface area contributed by atoms with E-state index in [1.54, 1.807) is 10.6 Å². The van der Waals surface area contributed by atoms with E-state index in [1.165, 1.54) is 16.8 Å². The lowest BCUT2D eigenvalue weighted by atomic mass is 9.99. The Kier molecular flexibility index (Phi) is 4.61. The molecule has 0 bridgehead atoms. The minimum atomic E-state index is -0.287. The van der Waals surface area contributed by atoms with Crippen molar-refractivity contribution in [2.45, 2.75) is 45.7 Å². The summed E-state index contributed by atoms with van der Waals surface area (Å²) in [6.45, 7) is 6.67. The molecule has 5 nitrogen and oxygen atoms in total. The Morgan fingerprint density at radius 1 is 1.43 bits per heavy atom. The van der Waals surface area contributed by atoms with Crippen molar-refractivity contribution in [1.82, 2.24) is 19.7 Å². The second kappa shape index (κ2) is 6.66. The molecule has 1 aliphatic heterocycles. The van der Waals surface area contributed by atoms with Gasteiger partial charge in [0.05, 0.1) is 6.54 Å². The molecule has 2 heterocycles. The maximum atomic E-state index is 13.5. The van der Waals surface area contributed by atoms with E-state index in [9.17, 15) is 9.18 Å². The van der Waals surface area contributed by atoms with Crippen molar-refractivity contribution in [1.29, 1.82) is 0 Å². The molecule has 6 heteroatoms. The van der Waals surface area contributed by atoms with Gasteiger partial charge < -0.3 is 5.32 Å². The van der Waals surface area contributed by atoms with E-state index in [2.05, 4.69) is 10.4 Å². The lowest BCUT2D eigenvalue weighted by molar-refractivity contribution is 0.431. The van der Waals surface area contributed by atoms with Crippen molar-refractivity contribution < 1.29 is 4.39 Å². The summed E-state index contributed by atoms with van der Waals surface area (Å²) in [7, 11) is 0. The normalized spacial score (nSPS) is 18.3. The molecule has 0 saturated carbocycles. The van der Waals surface area contributed by atoms with Crippen LogP contribution in [0.5, 0.6) is 0 Å². The second-order valence-electron chi connectivity index (χ2n) is 6.16. The van der Waals surface area contributed by atoms with Crippen molar-refractivity contribution in [3.8, 4) is 0 Å².